The molecule has 4 fully saturated rings. The van der Waals surface area contributed by atoms with Gasteiger partial charge in [-0.05, 0) is 104 Å². The number of rotatable bonds is 8. The minimum absolute atomic E-state index is 0.0724. The molecule has 0 aromatic carbocycles. The quantitative estimate of drug-likeness (QED) is 0.412. The Morgan fingerprint density at radius 1 is 0.914 bits per heavy atom. The van der Waals surface area contributed by atoms with Gasteiger partial charge in [-0.1, -0.05) is 20.8 Å². The molecule has 198 valence electrons. The van der Waals surface area contributed by atoms with Crippen molar-refractivity contribution < 1.29 is 34.4 Å². The number of hydrogen-bond acceptors (Lipinski definition) is 5. The van der Waals surface area contributed by atoms with Crippen molar-refractivity contribution in [3.8, 4) is 0 Å². The number of ether oxygens (including phenoxy) is 1. The van der Waals surface area contributed by atoms with Crippen LogP contribution in [0.25, 0.3) is 0 Å². The highest BCUT2D eigenvalue weighted by Gasteiger charge is 2.63. The first-order valence-corrected chi connectivity index (χ1v) is 13.8. The number of carbonyl (C=O) groups is 3. The maximum atomic E-state index is 12.1. The molecule has 0 spiro atoms. The molecule has 4 saturated carbocycles. The van der Waals surface area contributed by atoms with Gasteiger partial charge < -0.3 is 20.1 Å². The molecule has 0 saturated heterocycles. The summed E-state index contributed by atoms with van der Waals surface area (Å²) in [6.07, 6.45) is 8.02. The molecule has 4 aliphatic rings. The molecule has 10 atom stereocenters. The summed E-state index contributed by atoms with van der Waals surface area (Å²) < 4.78 is 5.67. The van der Waals surface area contributed by atoms with Crippen LogP contribution in [0.15, 0.2) is 0 Å². The first-order valence-electron chi connectivity index (χ1n) is 13.8. The fourth-order valence-corrected chi connectivity index (χ4v) is 9.26. The number of aliphatic carboxylic acids is 2. The number of carboxylic acids is 2. The van der Waals surface area contributed by atoms with Crippen molar-refractivity contribution in [3.63, 3.8) is 0 Å². The van der Waals surface area contributed by atoms with Crippen LogP contribution in [0.3, 0.4) is 0 Å². The maximum Gasteiger partial charge on any atom is 0.306 e. The van der Waals surface area contributed by atoms with E-state index in [0.29, 0.717) is 41.9 Å². The molecular formula is C28H44O7. The van der Waals surface area contributed by atoms with E-state index in [9.17, 15) is 19.5 Å². The van der Waals surface area contributed by atoms with Gasteiger partial charge in [-0.15, -0.1) is 0 Å². The lowest BCUT2D eigenvalue weighted by molar-refractivity contribution is -0.182. The number of fused-ring (bicyclic) bond motifs is 5. The standard InChI is InChI=1S/C28H44O7/c1-16(4-9-24(30)31)20-7-8-21-19-6-5-17-14-18(35-26(34)11-10-25(32)33)12-13-27(17,2)22(19)15-23(29)28(20,21)3/h16-23,29H,4-15H2,1-3H3,(H,30,31)(H,32,33)/t16-,17-,18-,19+,20-,21+,22+,23+,27+,28-/m1/s1. The first kappa shape index (κ1) is 26.4. The second-order valence-electron chi connectivity index (χ2n) is 12.6. The van der Waals surface area contributed by atoms with E-state index in [0.717, 1.165) is 51.4 Å². The number of carbonyl (C=O) groups excluding carboxylic acids is 1. The third-order valence-electron chi connectivity index (χ3n) is 11.1. The summed E-state index contributed by atoms with van der Waals surface area (Å²) in [6.45, 7) is 6.86. The van der Waals surface area contributed by atoms with Crippen molar-refractivity contribution in [2.45, 2.75) is 110 Å². The molecule has 7 heteroatoms. The van der Waals surface area contributed by atoms with Gasteiger partial charge in [0.15, 0.2) is 0 Å². The zero-order valence-electron chi connectivity index (χ0n) is 21.6. The Bertz CT molecular complexity index is 826. The summed E-state index contributed by atoms with van der Waals surface area (Å²) in [4.78, 5) is 34.0. The number of aliphatic hydroxyl groups is 1. The van der Waals surface area contributed by atoms with Gasteiger partial charge in [0.25, 0.3) is 0 Å². The lowest BCUT2D eigenvalue weighted by atomic mass is 9.43. The van der Waals surface area contributed by atoms with Gasteiger partial charge >= 0.3 is 17.9 Å². The minimum atomic E-state index is -0.982. The highest BCUT2D eigenvalue weighted by atomic mass is 16.5. The SMILES string of the molecule is C[C@H](CCC(=O)O)[C@H]1CC[C@H]2[C@@H]3CC[C@@H]4C[C@H](OC(=O)CCC(=O)O)CC[C@]4(C)[C@H]3C[C@H](O)[C@]12C. The smallest absolute Gasteiger partial charge is 0.306 e. The van der Waals surface area contributed by atoms with E-state index in [1.807, 2.05) is 0 Å². The van der Waals surface area contributed by atoms with E-state index >= 15 is 0 Å². The molecule has 0 radical (unpaired) electrons. The Kier molecular flexibility index (Phi) is 7.57. The Morgan fingerprint density at radius 2 is 1.63 bits per heavy atom. The molecule has 0 bridgehead atoms. The summed E-state index contributed by atoms with van der Waals surface area (Å²) in [7, 11) is 0. The predicted molar refractivity (Wildman–Crippen MR) is 129 cm³/mol. The molecule has 0 amide bonds. The van der Waals surface area contributed by atoms with E-state index in [-0.39, 0.29) is 42.3 Å². The molecule has 3 N–H and O–H groups in total. The molecule has 4 rings (SSSR count). The van der Waals surface area contributed by atoms with Gasteiger partial charge in [-0.3, -0.25) is 14.4 Å². The largest absolute Gasteiger partial charge is 0.481 e. The number of esters is 1. The Morgan fingerprint density at radius 3 is 2.31 bits per heavy atom. The Balaban J connectivity index is 1.43. The number of hydrogen-bond donors (Lipinski definition) is 3. The molecule has 0 unspecified atom stereocenters. The van der Waals surface area contributed by atoms with Gasteiger partial charge in [0.2, 0.25) is 0 Å². The molecule has 0 aromatic rings. The minimum Gasteiger partial charge on any atom is -0.481 e. The molecule has 35 heavy (non-hydrogen) atoms. The molecule has 0 aromatic heterocycles. The molecule has 7 nitrogen and oxygen atoms in total. The van der Waals surface area contributed by atoms with Crippen LogP contribution in [0.5, 0.6) is 0 Å². The maximum absolute atomic E-state index is 12.1. The highest BCUT2D eigenvalue weighted by Crippen LogP contribution is 2.68. The average Bonchev–Trinajstić information content (AvgIpc) is 3.16. The van der Waals surface area contributed by atoms with E-state index in [1.54, 1.807) is 0 Å². The predicted octanol–water partition coefficient (Wildman–Crippen LogP) is 4.89. The van der Waals surface area contributed by atoms with Crippen LogP contribution >= 0.6 is 0 Å². The Labute approximate surface area is 209 Å². The lowest BCUT2D eigenvalue weighted by Gasteiger charge is -2.62. The van der Waals surface area contributed by atoms with Crippen molar-refractivity contribution in [1.29, 1.82) is 0 Å². The molecule has 0 heterocycles. The van der Waals surface area contributed by atoms with Crippen molar-refractivity contribution in [2.24, 2.45) is 46.3 Å². The van der Waals surface area contributed by atoms with Gasteiger partial charge in [-0.2, -0.15) is 0 Å². The molecular weight excluding hydrogens is 448 g/mol. The fourth-order valence-electron chi connectivity index (χ4n) is 9.26. The summed E-state index contributed by atoms with van der Waals surface area (Å²) in [6, 6.07) is 0. The van der Waals surface area contributed by atoms with Crippen LogP contribution in [0, 0.1) is 46.3 Å². The zero-order valence-corrected chi connectivity index (χ0v) is 21.6. The van der Waals surface area contributed by atoms with E-state index in [2.05, 4.69) is 20.8 Å². The second kappa shape index (κ2) is 10.0. The van der Waals surface area contributed by atoms with Crippen LogP contribution < -0.4 is 0 Å². The van der Waals surface area contributed by atoms with Crippen molar-refractivity contribution in [3.05, 3.63) is 0 Å². The lowest BCUT2D eigenvalue weighted by Crippen LogP contribution is -2.59. The van der Waals surface area contributed by atoms with Gasteiger partial charge in [0.05, 0.1) is 18.9 Å². The van der Waals surface area contributed by atoms with Crippen molar-refractivity contribution >= 4 is 17.9 Å². The normalized spacial score (nSPS) is 43.4. The van der Waals surface area contributed by atoms with Crippen molar-refractivity contribution in [2.75, 3.05) is 0 Å². The van der Waals surface area contributed by atoms with Gasteiger partial charge in [-0.25, -0.2) is 0 Å². The Hall–Kier alpha value is -1.63. The second-order valence-corrected chi connectivity index (χ2v) is 12.6. The van der Waals surface area contributed by atoms with E-state index < -0.39 is 17.9 Å². The van der Waals surface area contributed by atoms with Crippen molar-refractivity contribution in [1.82, 2.24) is 0 Å². The molecule has 4 aliphatic carbocycles. The van der Waals surface area contributed by atoms with Gasteiger partial charge in [0.1, 0.15) is 6.10 Å². The fraction of sp³-hybridized carbons (Fsp3) is 0.893. The third kappa shape index (κ3) is 4.86. The summed E-state index contributed by atoms with van der Waals surface area (Å²) >= 11 is 0. The monoisotopic (exact) mass is 492 g/mol. The van der Waals surface area contributed by atoms with Crippen LogP contribution in [-0.4, -0.2) is 45.4 Å². The number of carboxylic acid groups (broad SMARTS) is 2. The zero-order chi connectivity index (χ0) is 25.5. The van der Waals surface area contributed by atoms with Crippen LogP contribution in [0.2, 0.25) is 0 Å². The van der Waals surface area contributed by atoms with Crippen LogP contribution in [-0.2, 0) is 19.1 Å². The number of aliphatic hydroxyl groups excluding tert-OH is 1. The summed E-state index contributed by atoms with van der Waals surface area (Å²) in [5, 5.41) is 29.6. The molecule has 0 aliphatic heterocycles. The van der Waals surface area contributed by atoms with E-state index in [4.69, 9.17) is 14.9 Å². The van der Waals surface area contributed by atoms with E-state index in [1.165, 1.54) is 0 Å². The van der Waals surface area contributed by atoms with Gasteiger partial charge in [0, 0.05) is 6.42 Å². The average molecular weight is 493 g/mol. The summed E-state index contributed by atoms with van der Waals surface area (Å²) in [5.74, 6) is 0.533. The third-order valence-corrected chi connectivity index (χ3v) is 11.1. The summed E-state index contributed by atoms with van der Waals surface area (Å²) in [5.41, 5.74) is -0.0125. The highest BCUT2D eigenvalue weighted by molar-refractivity contribution is 5.76. The first-order chi connectivity index (χ1) is 16.5. The van der Waals surface area contributed by atoms with Crippen LogP contribution in [0.1, 0.15) is 97.8 Å². The topological polar surface area (TPSA) is 121 Å². The van der Waals surface area contributed by atoms with Crippen LogP contribution in [0.4, 0.5) is 0 Å².